The molecule has 3 rings (SSSR count). The maximum absolute atomic E-state index is 12.2. The molecule has 0 unspecified atom stereocenters. The third-order valence-corrected chi connectivity index (χ3v) is 3.29. The van der Waals surface area contributed by atoms with Crippen LogP contribution in [-0.2, 0) is 0 Å². The van der Waals surface area contributed by atoms with Gasteiger partial charge in [-0.25, -0.2) is 0 Å². The van der Waals surface area contributed by atoms with Crippen LogP contribution in [0.5, 0.6) is 0 Å². The van der Waals surface area contributed by atoms with Gasteiger partial charge in [-0.2, -0.15) is 0 Å². The highest BCUT2D eigenvalue weighted by Gasteiger charge is 2.10. The van der Waals surface area contributed by atoms with Gasteiger partial charge in [-0.1, -0.05) is 29.3 Å². The Hall–Kier alpha value is -2.37. The van der Waals surface area contributed by atoms with Crippen LogP contribution in [0.15, 0.2) is 53.3 Å². The number of carbonyl (C=O) groups excluding carboxylic acids is 1. The van der Waals surface area contributed by atoms with Crippen LogP contribution in [-0.4, -0.2) is 16.1 Å². The van der Waals surface area contributed by atoms with Gasteiger partial charge in [0.1, 0.15) is 0 Å². The lowest BCUT2D eigenvalue weighted by molar-refractivity contribution is 0.102. The standard InChI is InChI=1S/C15H9Cl2N3O2/c16-11-4-10(5-12(17)7-11)14(21)19-13-3-1-2-9(6-13)15-20-18-8-22-15/h1-8H,(H,19,21). The molecule has 0 saturated heterocycles. The van der Waals surface area contributed by atoms with Crippen molar-refractivity contribution in [2.45, 2.75) is 0 Å². The Morgan fingerprint density at radius 1 is 1.09 bits per heavy atom. The van der Waals surface area contributed by atoms with E-state index in [0.717, 1.165) is 0 Å². The van der Waals surface area contributed by atoms with Crippen molar-refractivity contribution in [1.29, 1.82) is 0 Å². The van der Waals surface area contributed by atoms with E-state index >= 15 is 0 Å². The lowest BCUT2D eigenvalue weighted by atomic mass is 10.1. The summed E-state index contributed by atoms with van der Waals surface area (Å²) < 4.78 is 5.13. The number of rotatable bonds is 3. The number of amides is 1. The van der Waals surface area contributed by atoms with Crippen LogP contribution in [0.1, 0.15) is 10.4 Å². The summed E-state index contributed by atoms with van der Waals surface area (Å²) >= 11 is 11.8. The molecule has 1 aromatic heterocycles. The van der Waals surface area contributed by atoms with E-state index in [9.17, 15) is 4.79 Å². The van der Waals surface area contributed by atoms with E-state index in [1.807, 2.05) is 0 Å². The zero-order valence-electron chi connectivity index (χ0n) is 11.1. The van der Waals surface area contributed by atoms with Crippen LogP contribution >= 0.6 is 23.2 Å². The fourth-order valence-corrected chi connectivity index (χ4v) is 2.44. The van der Waals surface area contributed by atoms with E-state index in [1.54, 1.807) is 42.5 Å². The Kier molecular flexibility index (Phi) is 4.09. The lowest BCUT2D eigenvalue weighted by Crippen LogP contribution is -2.11. The summed E-state index contributed by atoms with van der Waals surface area (Å²) in [5.41, 5.74) is 1.68. The fourth-order valence-electron chi connectivity index (χ4n) is 1.92. The zero-order chi connectivity index (χ0) is 15.5. The average molecular weight is 334 g/mol. The number of hydrogen-bond acceptors (Lipinski definition) is 4. The van der Waals surface area contributed by atoms with Gasteiger partial charge in [0.15, 0.2) is 0 Å². The second-order valence-electron chi connectivity index (χ2n) is 4.44. The van der Waals surface area contributed by atoms with Crippen molar-refractivity contribution in [2.24, 2.45) is 0 Å². The molecule has 0 aliphatic carbocycles. The third-order valence-electron chi connectivity index (χ3n) is 2.85. The van der Waals surface area contributed by atoms with Crippen molar-refractivity contribution in [3.8, 4) is 11.5 Å². The van der Waals surface area contributed by atoms with E-state index in [1.165, 1.54) is 6.39 Å². The summed E-state index contributed by atoms with van der Waals surface area (Å²) in [7, 11) is 0. The Morgan fingerprint density at radius 3 is 2.55 bits per heavy atom. The molecule has 3 aromatic rings. The van der Waals surface area contributed by atoms with Crippen molar-refractivity contribution in [3.63, 3.8) is 0 Å². The maximum atomic E-state index is 12.2. The molecular formula is C15H9Cl2N3O2. The van der Waals surface area contributed by atoms with Gasteiger partial charge < -0.3 is 9.73 Å². The van der Waals surface area contributed by atoms with Crippen LogP contribution in [0.25, 0.3) is 11.5 Å². The highest BCUT2D eigenvalue weighted by atomic mass is 35.5. The van der Waals surface area contributed by atoms with Crippen molar-refractivity contribution in [1.82, 2.24) is 10.2 Å². The molecule has 1 amide bonds. The Labute approximate surface area is 135 Å². The summed E-state index contributed by atoms with van der Waals surface area (Å²) in [6.45, 7) is 0. The smallest absolute Gasteiger partial charge is 0.255 e. The monoisotopic (exact) mass is 333 g/mol. The van der Waals surface area contributed by atoms with Gasteiger partial charge in [0.05, 0.1) is 0 Å². The second kappa shape index (κ2) is 6.17. The van der Waals surface area contributed by atoms with E-state index in [0.29, 0.717) is 32.8 Å². The molecule has 1 heterocycles. The van der Waals surface area contributed by atoms with Crippen LogP contribution in [0.3, 0.4) is 0 Å². The molecule has 0 fully saturated rings. The first-order valence-electron chi connectivity index (χ1n) is 6.26. The normalized spacial score (nSPS) is 10.5. The Morgan fingerprint density at radius 2 is 1.86 bits per heavy atom. The van der Waals surface area contributed by atoms with E-state index in [4.69, 9.17) is 27.6 Å². The quantitative estimate of drug-likeness (QED) is 0.776. The number of nitrogens with one attached hydrogen (secondary N) is 1. The molecule has 0 aliphatic rings. The van der Waals surface area contributed by atoms with Gasteiger partial charge >= 0.3 is 0 Å². The first kappa shape index (κ1) is 14.6. The van der Waals surface area contributed by atoms with E-state index in [-0.39, 0.29) is 5.91 Å². The van der Waals surface area contributed by atoms with Crippen LogP contribution in [0.4, 0.5) is 5.69 Å². The molecule has 0 spiro atoms. The average Bonchev–Trinajstić information content (AvgIpc) is 3.00. The molecule has 0 bridgehead atoms. The number of nitrogens with zero attached hydrogens (tertiary/aromatic N) is 2. The predicted molar refractivity (Wildman–Crippen MR) is 84.1 cm³/mol. The third kappa shape index (κ3) is 3.27. The molecule has 2 aromatic carbocycles. The lowest BCUT2D eigenvalue weighted by Gasteiger charge is -2.07. The van der Waals surface area contributed by atoms with Gasteiger partial charge in [-0.3, -0.25) is 4.79 Å². The largest absolute Gasteiger partial charge is 0.423 e. The minimum atomic E-state index is -0.313. The number of carbonyl (C=O) groups is 1. The summed E-state index contributed by atoms with van der Waals surface area (Å²) in [5.74, 6) is 0.0639. The molecule has 0 radical (unpaired) electrons. The molecule has 7 heteroatoms. The van der Waals surface area contributed by atoms with E-state index in [2.05, 4.69) is 15.5 Å². The first-order chi connectivity index (χ1) is 10.6. The number of aromatic nitrogens is 2. The minimum Gasteiger partial charge on any atom is -0.423 e. The van der Waals surface area contributed by atoms with Gasteiger partial charge in [-0.15, -0.1) is 10.2 Å². The highest BCUT2D eigenvalue weighted by molar-refractivity contribution is 6.35. The molecule has 5 nitrogen and oxygen atoms in total. The SMILES string of the molecule is O=C(Nc1cccc(-c2nnco2)c1)c1cc(Cl)cc(Cl)c1. The van der Waals surface area contributed by atoms with Gasteiger partial charge in [0.25, 0.3) is 5.91 Å². The molecule has 22 heavy (non-hydrogen) atoms. The predicted octanol–water partition coefficient (Wildman–Crippen LogP) is 4.30. The van der Waals surface area contributed by atoms with Crippen LogP contribution < -0.4 is 5.32 Å². The molecule has 0 atom stereocenters. The summed E-state index contributed by atoms with van der Waals surface area (Å²) in [6, 6.07) is 11.7. The van der Waals surface area contributed by atoms with Crippen LogP contribution in [0, 0.1) is 0 Å². The number of hydrogen-bond donors (Lipinski definition) is 1. The van der Waals surface area contributed by atoms with Gasteiger partial charge in [0.2, 0.25) is 12.3 Å². The second-order valence-corrected chi connectivity index (χ2v) is 5.31. The maximum Gasteiger partial charge on any atom is 0.255 e. The summed E-state index contributed by atoms with van der Waals surface area (Å²) in [5, 5.41) is 11.0. The first-order valence-corrected chi connectivity index (χ1v) is 7.01. The molecular weight excluding hydrogens is 325 g/mol. The fraction of sp³-hybridized carbons (Fsp3) is 0. The Bertz CT molecular complexity index is 799. The van der Waals surface area contributed by atoms with E-state index < -0.39 is 0 Å². The molecule has 110 valence electrons. The molecule has 1 N–H and O–H groups in total. The number of halogens is 2. The summed E-state index contributed by atoms with van der Waals surface area (Å²) in [4.78, 5) is 12.2. The van der Waals surface area contributed by atoms with Gasteiger partial charge in [-0.05, 0) is 36.4 Å². The van der Waals surface area contributed by atoms with Crippen molar-refractivity contribution in [3.05, 3.63) is 64.5 Å². The highest BCUT2D eigenvalue weighted by Crippen LogP contribution is 2.22. The molecule has 0 saturated carbocycles. The number of anilines is 1. The van der Waals surface area contributed by atoms with Crippen LogP contribution in [0.2, 0.25) is 10.0 Å². The Balaban J connectivity index is 1.84. The topological polar surface area (TPSA) is 68.0 Å². The summed E-state index contributed by atoms with van der Waals surface area (Å²) in [6.07, 6.45) is 1.24. The minimum absolute atomic E-state index is 0.313. The van der Waals surface area contributed by atoms with Crippen molar-refractivity contribution < 1.29 is 9.21 Å². The number of benzene rings is 2. The molecule has 0 aliphatic heterocycles. The van der Waals surface area contributed by atoms with Crippen molar-refractivity contribution >= 4 is 34.8 Å². The van der Waals surface area contributed by atoms with Gasteiger partial charge in [0, 0.05) is 26.9 Å². The zero-order valence-corrected chi connectivity index (χ0v) is 12.6. The van der Waals surface area contributed by atoms with Crippen molar-refractivity contribution in [2.75, 3.05) is 5.32 Å².